The molecule has 24 heavy (non-hydrogen) atoms. The van der Waals surface area contributed by atoms with Crippen LogP contribution >= 0.6 is 0 Å². The molecule has 0 fully saturated rings. The third-order valence-electron chi connectivity index (χ3n) is 3.70. The molecule has 0 aliphatic heterocycles. The molecule has 0 radical (unpaired) electrons. The molecule has 0 amide bonds. The lowest BCUT2D eigenvalue weighted by molar-refractivity contribution is -0.384. The van der Waals surface area contributed by atoms with E-state index in [0.717, 1.165) is 31.4 Å². The fourth-order valence-electron chi connectivity index (χ4n) is 2.45. The summed E-state index contributed by atoms with van der Waals surface area (Å²) in [5.41, 5.74) is -0.426. The summed E-state index contributed by atoms with van der Waals surface area (Å²) >= 11 is 0. The Morgan fingerprint density at radius 3 is 2.38 bits per heavy atom. The number of benzene rings is 1. The van der Waals surface area contributed by atoms with Crippen LogP contribution in [0.5, 0.6) is 0 Å². The Kier molecular flexibility index (Phi) is 6.06. The van der Waals surface area contributed by atoms with E-state index in [1.165, 1.54) is 6.07 Å². The molecule has 1 aliphatic rings. The van der Waals surface area contributed by atoms with Gasteiger partial charge in [0.2, 0.25) is 0 Å². The highest BCUT2D eigenvalue weighted by Crippen LogP contribution is 2.21. The second-order valence-corrected chi connectivity index (χ2v) is 5.50. The van der Waals surface area contributed by atoms with Crippen LogP contribution in [0.3, 0.4) is 0 Å². The summed E-state index contributed by atoms with van der Waals surface area (Å²) in [5, 5.41) is 11.0. The van der Waals surface area contributed by atoms with E-state index in [1.807, 2.05) is 6.08 Å². The number of nitro benzene ring substituents is 1. The van der Waals surface area contributed by atoms with Crippen molar-refractivity contribution >= 4 is 17.6 Å². The van der Waals surface area contributed by atoms with Crippen LogP contribution < -0.4 is 0 Å². The molecule has 1 unspecified atom stereocenters. The van der Waals surface area contributed by atoms with Crippen LogP contribution in [0.1, 0.15) is 46.9 Å². The van der Waals surface area contributed by atoms with E-state index in [9.17, 15) is 19.7 Å². The minimum absolute atomic E-state index is 0.0291. The lowest BCUT2D eigenvalue weighted by atomic mass is 9.95. The van der Waals surface area contributed by atoms with Crippen molar-refractivity contribution < 1.29 is 24.0 Å². The predicted octanol–water partition coefficient (Wildman–Crippen LogP) is 3.28. The van der Waals surface area contributed by atoms with Crippen LogP contribution in [-0.2, 0) is 9.47 Å². The van der Waals surface area contributed by atoms with Gasteiger partial charge in [-0.15, -0.1) is 0 Å². The molecule has 0 saturated carbocycles. The van der Waals surface area contributed by atoms with Crippen molar-refractivity contribution in [2.75, 3.05) is 13.2 Å². The molecule has 0 heterocycles. The smallest absolute Gasteiger partial charge is 0.338 e. The van der Waals surface area contributed by atoms with Crippen molar-refractivity contribution in [3.8, 4) is 0 Å². The highest BCUT2D eigenvalue weighted by atomic mass is 16.6. The van der Waals surface area contributed by atoms with Gasteiger partial charge in [-0.25, -0.2) is 9.59 Å². The van der Waals surface area contributed by atoms with Crippen LogP contribution in [-0.4, -0.2) is 30.1 Å². The van der Waals surface area contributed by atoms with E-state index < -0.39 is 16.9 Å². The summed E-state index contributed by atoms with van der Waals surface area (Å²) in [4.78, 5) is 34.3. The fourth-order valence-corrected chi connectivity index (χ4v) is 2.45. The number of carbonyl (C=O) groups excluding carboxylic acids is 2. The molecule has 7 heteroatoms. The van der Waals surface area contributed by atoms with Gasteiger partial charge < -0.3 is 9.47 Å². The van der Waals surface area contributed by atoms with Crippen LogP contribution in [0.2, 0.25) is 0 Å². The average molecular weight is 333 g/mol. The number of allylic oxidation sites excluding steroid dienone is 2. The Morgan fingerprint density at radius 2 is 1.83 bits per heavy atom. The molecule has 1 aromatic carbocycles. The van der Waals surface area contributed by atoms with E-state index in [4.69, 9.17) is 9.47 Å². The van der Waals surface area contributed by atoms with Gasteiger partial charge in [-0.1, -0.05) is 12.2 Å². The highest BCUT2D eigenvalue weighted by Gasteiger charge is 2.20. The van der Waals surface area contributed by atoms with E-state index in [2.05, 4.69) is 6.08 Å². The Labute approximate surface area is 139 Å². The summed E-state index contributed by atoms with van der Waals surface area (Å²) < 4.78 is 10.1. The van der Waals surface area contributed by atoms with Gasteiger partial charge in [0, 0.05) is 12.1 Å². The van der Waals surface area contributed by atoms with Gasteiger partial charge in [-0.05, 0) is 38.2 Å². The molecule has 7 nitrogen and oxygen atoms in total. The molecule has 0 N–H and O–H groups in total. The van der Waals surface area contributed by atoms with Gasteiger partial charge >= 0.3 is 11.9 Å². The van der Waals surface area contributed by atoms with E-state index in [0.29, 0.717) is 0 Å². The van der Waals surface area contributed by atoms with Crippen LogP contribution in [0.4, 0.5) is 5.69 Å². The van der Waals surface area contributed by atoms with Crippen molar-refractivity contribution in [2.24, 2.45) is 5.92 Å². The molecule has 2 rings (SSSR count). The topological polar surface area (TPSA) is 95.7 Å². The van der Waals surface area contributed by atoms with Gasteiger partial charge in [-0.3, -0.25) is 10.1 Å². The fraction of sp³-hybridized carbons (Fsp3) is 0.412. The first-order valence-corrected chi connectivity index (χ1v) is 7.80. The van der Waals surface area contributed by atoms with E-state index >= 15 is 0 Å². The molecule has 0 aromatic heterocycles. The maximum atomic E-state index is 12.2. The van der Waals surface area contributed by atoms with Gasteiger partial charge in [0.1, 0.15) is 0 Å². The minimum atomic E-state index is -0.715. The third kappa shape index (κ3) is 4.65. The zero-order valence-corrected chi connectivity index (χ0v) is 13.4. The van der Waals surface area contributed by atoms with Gasteiger partial charge in [0.05, 0.1) is 29.3 Å². The Hall–Kier alpha value is -2.70. The maximum absolute atomic E-state index is 12.2. The molecular formula is C17H19NO6. The monoisotopic (exact) mass is 333 g/mol. The first kappa shape index (κ1) is 17.7. The van der Waals surface area contributed by atoms with E-state index in [1.54, 1.807) is 6.92 Å². The molecule has 0 saturated heterocycles. The first-order chi connectivity index (χ1) is 11.5. The van der Waals surface area contributed by atoms with Crippen molar-refractivity contribution in [2.45, 2.75) is 26.2 Å². The second-order valence-electron chi connectivity index (χ2n) is 5.50. The van der Waals surface area contributed by atoms with Crippen molar-refractivity contribution in [3.63, 3.8) is 0 Å². The summed E-state index contributed by atoms with van der Waals surface area (Å²) in [5.74, 6) is -1.14. The molecule has 0 bridgehead atoms. The van der Waals surface area contributed by atoms with Crippen molar-refractivity contribution in [3.05, 3.63) is 51.6 Å². The molecular weight excluding hydrogens is 314 g/mol. The average Bonchev–Trinajstić information content (AvgIpc) is 2.60. The van der Waals surface area contributed by atoms with Crippen molar-refractivity contribution in [1.82, 2.24) is 0 Å². The van der Waals surface area contributed by atoms with E-state index in [-0.39, 0.29) is 35.9 Å². The Balaban J connectivity index is 2.14. The lowest BCUT2D eigenvalue weighted by Crippen LogP contribution is -2.16. The van der Waals surface area contributed by atoms with Gasteiger partial charge in [0.25, 0.3) is 5.69 Å². The quantitative estimate of drug-likeness (QED) is 0.343. The standard InChI is InChI=1S/C17H19NO6/c1-2-23-16(19)13-8-14(10-15(9-13)18(21)22)17(20)24-11-12-6-4-3-5-7-12/h3-4,8-10,12H,2,5-7,11H2,1H3. The number of ether oxygens (including phenoxy) is 2. The highest BCUT2D eigenvalue weighted by molar-refractivity contribution is 5.96. The minimum Gasteiger partial charge on any atom is -0.462 e. The predicted molar refractivity (Wildman–Crippen MR) is 85.8 cm³/mol. The van der Waals surface area contributed by atoms with Crippen LogP contribution in [0, 0.1) is 16.0 Å². The number of carbonyl (C=O) groups is 2. The lowest BCUT2D eigenvalue weighted by Gasteiger charge is -2.17. The molecule has 1 atom stereocenters. The number of hydrogen-bond acceptors (Lipinski definition) is 6. The zero-order chi connectivity index (χ0) is 17.5. The maximum Gasteiger partial charge on any atom is 0.338 e. The summed E-state index contributed by atoms with van der Waals surface area (Å²) in [6.07, 6.45) is 6.87. The SMILES string of the molecule is CCOC(=O)c1cc(C(=O)OCC2CC=CCC2)cc([N+](=O)[O-])c1. The molecule has 1 aliphatic carbocycles. The van der Waals surface area contributed by atoms with Crippen molar-refractivity contribution in [1.29, 1.82) is 0 Å². The van der Waals surface area contributed by atoms with Gasteiger partial charge in [0.15, 0.2) is 0 Å². The number of nitro groups is 1. The zero-order valence-electron chi connectivity index (χ0n) is 13.4. The van der Waals surface area contributed by atoms with Gasteiger partial charge in [-0.2, -0.15) is 0 Å². The number of non-ortho nitro benzene ring substituents is 1. The summed E-state index contributed by atoms with van der Waals surface area (Å²) in [6.45, 7) is 2.01. The summed E-state index contributed by atoms with van der Waals surface area (Å²) in [6, 6.07) is 3.45. The number of nitrogens with zero attached hydrogens (tertiary/aromatic N) is 1. The number of hydrogen-bond donors (Lipinski definition) is 0. The largest absolute Gasteiger partial charge is 0.462 e. The second kappa shape index (κ2) is 8.24. The molecule has 0 spiro atoms. The Morgan fingerprint density at radius 1 is 1.17 bits per heavy atom. The van der Waals surface area contributed by atoms with Crippen LogP contribution in [0.15, 0.2) is 30.4 Å². The van der Waals surface area contributed by atoms with Crippen LogP contribution in [0.25, 0.3) is 0 Å². The number of rotatable bonds is 6. The number of esters is 2. The first-order valence-electron chi connectivity index (χ1n) is 7.80. The third-order valence-corrected chi connectivity index (χ3v) is 3.70. The summed E-state index contributed by atoms with van der Waals surface area (Å²) in [7, 11) is 0. The Bertz CT molecular complexity index is 667. The normalized spacial score (nSPS) is 16.5. The molecule has 128 valence electrons. The molecule has 1 aromatic rings.